The fourth-order valence-corrected chi connectivity index (χ4v) is 0.957. The lowest BCUT2D eigenvalue weighted by atomic mass is 9.96. The number of rotatable bonds is 5. The minimum Gasteiger partial charge on any atom is -0.396 e. The third kappa shape index (κ3) is 3.15. The van der Waals surface area contributed by atoms with Gasteiger partial charge in [-0.2, -0.15) is 0 Å². The molecule has 0 aliphatic heterocycles. The fourth-order valence-electron chi connectivity index (χ4n) is 0.957. The van der Waals surface area contributed by atoms with E-state index in [0.717, 1.165) is 6.42 Å². The predicted molar refractivity (Wildman–Crippen MR) is 38.6 cm³/mol. The average molecular weight is 148 g/mol. The van der Waals surface area contributed by atoms with Crippen LogP contribution in [0.25, 0.3) is 0 Å². The van der Waals surface area contributed by atoms with Gasteiger partial charge in [-0.1, -0.05) is 13.3 Å². The van der Waals surface area contributed by atoms with E-state index in [1.807, 2.05) is 6.92 Å². The van der Waals surface area contributed by atoms with Gasteiger partial charge in [0.2, 0.25) is 0 Å². The van der Waals surface area contributed by atoms with Gasteiger partial charge in [0.1, 0.15) is 0 Å². The molecular formula is C7H16O3. The second-order valence-corrected chi connectivity index (χ2v) is 2.61. The lowest BCUT2D eigenvalue weighted by molar-refractivity contribution is -0.0383. The van der Waals surface area contributed by atoms with Crippen LogP contribution in [-0.4, -0.2) is 34.1 Å². The summed E-state index contributed by atoms with van der Waals surface area (Å²) in [6, 6.07) is 0. The molecule has 3 N–H and O–H groups in total. The molecule has 62 valence electrons. The van der Waals surface area contributed by atoms with Crippen LogP contribution in [0.1, 0.15) is 26.2 Å². The zero-order valence-electron chi connectivity index (χ0n) is 6.38. The molecule has 0 aromatic carbocycles. The molecule has 10 heavy (non-hydrogen) atoms. The Labute approximate surface area is 61.3 Å². The number of hydrogen-bond acceptors (Lipinski definition) is 3. The summed E-state index contributed by atoms with van der Waals surface area (Å²) >= 11 is 0. The van der Waals surface area contributed by atoms with Crippen molar-refractivity contribution in [2.45, 2.75) is 31.8 Å². The molecule has 0 aromatic rings. The van der Waals surface area contributed by atoms with Gasteiger partial charge in [-0.15, -0.1) is 0 Å². The van der Waals surface area contributed by atoms with Crippen molar-refractivity contribution in [3.05, 3.63) is 0 Å². The summed E-state index contributed by atoms with van der Waals surface area (Å²) in [5.41, 5.74) is -1.05. The minimum absolute atomic E-state index is 0.0724. The third-order valence-electron chi connectivity index (χ3n) is 1.59. The minimum atomic E-state index is -1.05. The van der Waals surface area contributed by atoms with Gasteiger partial charge in [0, 0.05) is 13.0 Å². The van der Waals surface area contributed by atoms with E-state index in [1.54, 1.807) is 0 Å². The van der Waals surface area contributed by atoms with Gasteiger partial charge in [0.25, 0.3) is 0 Å². The van der Waals surface area contributed by atoms with Crippen molar-refractivity contribution in [1.82, 2.24) is 0 Å². The summed E-state index contributed by atoms with van der Waals surface area (Å²) in [5.74, 6) is 0. The van der Waals surface area contributed by atoms with Gasteiger partial charge in [0.15, 0.2) is 0 Å². The van der Waals surface area contributed by atoms with Crippen LogP contribution in [0.15, 0.2) is 0 Å². The van der Waals surface area contributed by atoms with Crippen molar-refractivity contribution in [3.8, 4) is 0 Å². The molecule has 3 heteroatoms. The molecule has 3 nitrogen and oxygen atoms in total. The zero-order valence-corrected chi connectivity index (χ0v) is 6.38. The Hall–Kier alpha value is -0.120. The average Bonchev–Trinajstić information content (AvgIpc) is 1.89. The molecule has 0 fully saturated rings. The van der Waals surface area contributed by atoms with Gasteiger partial charge in [-0.3, -0.25) is 0 Å². The van der Waals surface area contributed by atoms with Gasteiger partial charge in [0.05, 0.1) is 12.2 Å². The molecule has 1 unspecified atom stereocenters. The van der Waals surface area contributed by atoms with Crippen LogP contribution in [0.3, 0.4) is 0 Å². The largest absolute Gasteiger partial charge is 0.396 e. The van der Waals surface area contributed by atoms with Crippen molar-refractivity contribution in [2.75, 3.05) is 13.2 Å². The van der Waals surface area contributed by atoms with Crippen molar-refractivity contribution >= 4 is 0 Å². The first-order valence-corrected chi connectivity index (χ1v) is 3.62. The van der Waals surface area contributed by atoms with E-state index in [1.165, 1.54) is 0 Å². The summed E-state index contributed by atoms with van der Waals surface area (Å²) in [4.78, 5) is 0. The highest BCUT2D eigenvalue weighted by Gasteiger charge is 2.23. The summed E-state index contributed by atoms with van der Waals surface area (Å²) in [6.45, 7) is 1.59. The Morgan fingerprint density at radius 1 is 1.20 bits per heavy atom. The molecule has 0 amide bonds. The SMILES string of the molecule is CCCC(O)(CO)CCO. The van der Waals surface area contributed by atoms with E-state index in [0.29, 0.717) is 6.42 Å². The highest BCUT2D eigenvalue weighted by atomic mass is 16.3. The molecule has 0 aliphatic rings. The Bertz CT molecular complexity index is 76.9. The number of aliphatic hydroxyl groups is 3. The molecule has 0 radical (unpaired) electrons. The molecule has 0 saturated heterocycles. The first kappa shape index (κ1) is 9.88. The Balaban J connectivity index is 3.69. The first-order valence-electron chi connectivity index (χ1n) is 3.62. The normalized spacial score (nSPS) is 16.8. The van der Waals surface area contributed by atoms with E-state index < -0.39 is 5.60 Å². The summed E-state index contributed by atoms with van der Waals surface area (Å²) in [6.07, 6.45) is 1.62. The predicted octanol–water partition coefficient (Wildman–Crippen LogP) is -0.108. The maximum atomic E-state index is 9.41. The van der Waals surface area contributed by atoms with Crippen LogP contribution in [0.5, 0.6) is 0 Å². The van der Waals surface area contributed by atoms with E-state index in [9.17, 15) is 5.11 Å². The summed E-state index contributed by atoms with van der Waals surface area (Å²) in [7, 11) is 0. The molecule has 0 aromatic heterocycles. The van der Waals surface area contributed by atoms with Gasteiger partial charge in [-0.05, 0) is 6.42 Å². The van der Waals surface area contributed by atoms with Crippen LogP contribution >= 0.6 is 0 Å². The maximum absolute atomic E-state index is 9.41. The highest BCUT2D eigenvalue weighted by molar-refractivity contribution is 4.75. The zero-order chi connectivity index (χ0) is 8.04. The quantitative estimate of drug-likeness (QED) is 0.510. The molecule has 0 rings (SSSR count). The summed E-state index contributed by atoms with van der Waals surface area (Å²) < 4.78 is 0. The lowest BCUT2D eigenvalue weighted by Crippen LogP contribution is -2.33. The lowest BCUT2D eigenvalue weighted by Gasteiger charge is -2.23. The van der Waals surface area contributed by atoms with E-state index in [4.69, 9.17) is 10.2 Å². The molecule has 0 saturated carbocycles. The van der Waals surface area contributed by atoms with Crippen molar-refractivity contribution < 1.29 is 15.3 Å². The third-order valence-corrected chi connectivity index (χ3v) is 1.59. The van der Waals surface area contributed by atoms with Gasteiger partial charge >= 0.3 is 0 Å². The molecule has 0 heterocycles. The molecule has 0 aliphatic carbocycles. The van der Waals surface area contributed by atoms with Crippen LogP contribution < -0.4 is 0 Å². The van der Waals surface area contributed by atoms with Gasteiger partial charge in [-0.25, -0.2) is 0 Å². The monoisotopic (exact) mass is 148 g/mol. The number of hydrogen-bond donors (Lipinski definition) is 3. The van der Waals surface area contributed by atoms with Crippen LogP contribution in [0.4, 0.5) is 0 Å². The van der Waals surface area contributed by atoms with E-state index >= 15 is 0 Å². The van der Waals surface area contributed by atoms with E-state index in [2.05, 4.69) is 0 Å². The van der Waals surface area contributed by atoms with Crippen LogP contribution in [-0.2, 0) is 0 Å². The second kappa shape index (κ2) is 4.66. The molecule has 1 atom stereocenters. The van der Waals surface area contributed by atoms with Crippen LogP contribution in [0, 0.1) is 0 Å². The highest BCUT2D eigenvalue weighted by Crippen LogP contribution is 2.15. The molecule has 0 bridgehead atoms. The van der Waals surface area contributed by atoms with Crippen molar-refractivity contribution in [2.24, 2.45) is 0 Å². The van der Waals surface area contributed by atoms with Gasteiger partial charge < -0.3 is 15.3 Å². The van der Waals surface area contributed by atoms with Crippen molar-refractivity contribution in [3.63, 3.8) is 0 Å². The summed E-state index contributed by atoms with van der Waals surface area (Å²) in [5, 5.41) is 26.6. The Morgan fingerprint density at radius 3 is 2.10 bits per heavy atom. The topological polar surface area (TPSA) is 60.7 Å². The Kier molecular flexibility index (Phi) is 4.60. The number of aliphatic hydroxyl groups excluding tert-OH is 2. The van der Waals surface area contributed by atoms with E-state index in [-0.39, 0.29) is 19.6 Å². The molecule has 0 spiro atoms. The van der Waals surface area contributed by atoms with Crippen LogP contribution in [0.2, 0.25) is 0 Å². The second-order valence-electron chi connectivity index (χ2n) is 2.61. The smallest absolute Gasteiger partial charge is 0.0899 e. The first-order chi connectivity index (χ1) is 4.68. The standard InChI is InChI=1S/C7H16O3/c1-2-3-7(10,6-9)4-5-8/h8-10H,2-6H2,1H3. The molecular weight excluding hydrogens is 132 g/mol. The fraction of sp³-hybridized carbons (Fsp3) is 1.00. The Morgan fingerprint density at radius 2 is 1.80 bits per heavy atom. The maximum Gasteiger partial charge on any atom is 0.0899 e. The van der Waals surface area contributed by atoms with Crippen molar-refractivity contribution in [1.29, 1.82) is 0 Å².